The van der Waals surface area contributed by atoms with Crippen molar-refractivity contribution in [2.24, 2.45) is 0 Å². The molecule has 2 aromatic rings. The Hall–Kier alpha value is -2.82. The van der Waals surface area contributed by atoms with E-state index in [-0.39, 0.29) is 17.9 Å². The first-order valence-electron chi connectivity index (χ1n) is 7.72. The highest BCUT2D eigenvalue weighted by Gasteiger charge is 2.06. The molecule has 0 aliphatic rings. The Morgan fingerprint density at radius 1 is 1.08 bits per heavy atom. The molecule has 5 heteroatoms. The molecular weight excluding hydrogens is 306 g/mol. The number of aryl methyl sites for hydroxylation is 1. The number of carboxylic acid groups (broad SMARTS) is 1. The van der Waals surface area contributed by atoms with Crippen molar-refractivity contribution in [3.63, 3.8) is 0 Å². The number of nitrogens with one attached hydrogen (secondary N) is 1. The molecule has 0 aliphatic carbocycles. The molecule has 0 bridgehead atoms. The monoisotopic (exact) mass is 327 g/mol. The van der Waals surface area contributed by atoms with Crippen LogP contribution in [-0.2, 0) is 17.6 Å². The lowest BCUT2D eigenvalue weighted by Crippen LogP contribution is -2.27. The Bertz CT molecular complexity index is 723. The van der Waals surface area contributed by atoms with Crippen LogP contribution in [-0.4, -0.2) is 30.6 Å². The summed E-state index contributed by atoms with van der Waals surface area (Å²) in [6.45, 7) is 2.53. The first-order chi connectivity index (χ1) is 11.5. The first kappa shape index (κ1) is 17.5. The summed E-state index contributed by atoms with van der Waals surface area (Å²) in [5.74, 6) is -0.214. The van der Waals surface area contributed by atoms with Gasteiger partial charge in [-0.3, -0.25) is 4.79 Å². The summed E-state index contributed by atoms with van der Waals surface area (Å²) in [4.78, 5) is 22.7. The van der Waals surface area contributed by atoms with Crippen molar-refractivity contribution in [3.05, 3.63) is 64.7 Å². The average molecular weight is 327 g/mol. The van der Waals surface area contributed by atoms with Crippen molar-refractivity contribution in [2.75, 3.05) is 13.7 Å². The normalized spacial score (nSPS) is 10.2. The zero-order chi connectivity index (χ0) is 17.5. The predicted molar refractivity (Wildman–Crippen MR) is 91.6 cm³/mol. The summed E-state index contributed by atoms with van der Waals surface area (Å²) in [7, 11) is 1.64. The van der Waals surface area contributed by atoms with E-state index in [1.165, 1.54) is 12.1 Å². The van der Waals surface area contributed by atoms with E-state index < -0.39 is 5.97 Å². The minimum absolute atomic E-state index is 0.0860. The molecule has 0 saturated carbocycles. The van der Waals surface area contributed by atoms with Gasteiger partial charge in [-0.05, 0) is 48.2 Å². The maximum absolute atomic E-state index is 11.9. The number of carbonyl (C=O) groups is 2. The molecule has 2 N–H and O–H groups in total. The van der Waals surface area contributed by atoms with Crippen LogP contribution in [0.1, 0.15) is 27.0 Å². The second kappa shape index (κ2) is 8.15. The molecule has 0 heterocycles. The number of hydrogen-bond acceptors (Lipinski definition) is 3. The Balaban J connectivity index is 1.82. The molecular formula is C19H21NO4. The summed E-state index contributed by atoms with van der Waals surface area (Å²) < 4.78 is 5.29. The summed E-state index contributed by atoms with van der Waals surface area (Å²) in [5.41, 5.74) is 3.18. The van der Waals surface area contributed by atoms with Gasteiger partial charge in [-0.25, -0.2) is 4.79 Å². The van der Waals surface area contributed by atoms with E-state index in [0.717, 1.165) is 28.9 Å². The van der Waals surface area contributed by atoms with E-state index in [2.05, 4.69) is 5.32 Å². The number of methoxy groups -OCH3 is 1. The molecule has 1 amide bonds. The van der Waals surface area contributed by atoms with Crippen LogP contribution in [0.25, 0.3) is 0 Å². The lowest BCUT2D eigenvalue weighted by Gasteiger charge is -2.09. The average Bonchev–Trinajstić information content (AvgIpc) is 2.56. The van der Waals surface area contributed by atoms with Gasteiger partial charge in [0, 0.05) is 6.54 Å². The Morgan fingerprint density at radius 2 is 1.75 bits per heavy atom. The van der Waals surface area contributed by atoms with Crippen molar-refractivity contribution in [2.45, 2.75) is 19.8 Å². The molecule has 0 atom stereocenters. The van der Waals surface area contributed by atoms with Crippen LogP contribution in [0.2, 0.25) is 0 Å². The van der Waals surface area contributed by atoms with Crippen LogP contribution < -0.4 is 10.1 Å². The van der Waals surface area contributed by atoms with Gasteiger partial charge in [-0.15, -0.1) is 0 Å². The zero-order valence-electron chi connectivity index (χ0n) is 13.8. The van der Waals surface area contributed by atoms with E-state index in [1.54, 1.807) is 19.2 Å². The van der Waals surface area contributed by atoms with Crippen LogP contribution >= 0.6 is 0 Å². The second-order valence-electron chi connectivity index (χ2n) is 5.58. The molecule has 0 aliphatic heterocycles. The molecule has 0 radical (unpaired) electrons. The fourth-order valence-electron chi connectivity index (χ4n) is 2.38. The van der Waals surface area contributed by atoms with Gasteiger partial charge >= 0.3 is 5.97 Å². The van der Waals surface area contributed by atoms with Gasteiger partial charge in [0.15, 0.2) is 0 Å². The van der Waals surface area contributed by atoms with Crippen molar-refractivity contribution in [1.82, 2.24) is 5.32 Å². The lowest BCUT2D eigenvalue weighted by atomic mass is 10.1. The molecule has 0 spiro atoms. The third-order valence-electron chi connectivity index (χ3n) is 3.77. The highest BCUT2D eigenvalue weighted by molar-refractivity contribution is 5.87. The van der Waals surface area contributed by atoms with Crippen molar-refractivity contribution >= 4 is 11.9 Å². The minimum Gasteiger partial charge on any atom is -0.496 e. The molecule has 2 rings (SSSR count). The number of rotatable bonds is 7. The van der Waals surface area contributed by atoms with Crippen LogP contribution in [0.5, 0.6) is 5.75 Å². The molecule has 126 valence electrons. The number of benzene rings is 2. The Labute approximate surface area is 141 Å². The summed E-state index contributed by atoms with van der Waals surface area (Å²) in [6, 6.07) is 12.3. The van der Waals surface area contributed by atoms with Crippen molar-refractivity contribution in [3.8, 4) is 5.75 Å². The van der Waals surface area contributed by atoms with E-state index in [9.17, 15) is 9.59 Å². The standard InChI is InChI=1S/C19H21NO4/c1-13-3-4-15(11-17(13)24-2)9-10-20-18(21)12-14-5-7-16(8-6-14)19(22)23/h3-8,11H,9-10,12H2,1-2H3,(H,20,21)(H,22,23). The molecule has 0 aromatic heterocycles. The third kappa shape index (κ3) is 4.84. The van der Waals surface area contributed by atoms with E-state index in [0.29, 0.717) is 6.54 Å². The van der Waals surface area contributed by atoms with Gasteiger partial charge in [-0.2, -0.15) is 0 Å². The number of aromatic carboxylic acids is 1. The van der Waals surface area contributed by atoms with Crippen LogP contribution in [0, 0.1) is 6.92 Å². The van der Waals surface area contributed by atoms with Crippen molar-refractivity contribution < 1.29 is 19.4 Å². The van der Waals surface area contributed by atoms with Gasteiger partial charge in [0.2, 0.25) is 5.91 Å². The molecule has 0 saturated heterocycles. The lowest BCUT2D eigenvalue weighted by molar-refractivity contribution is -0.120. The SMILES string of the molecule is COc1cc(CCNC(=O)Cc2ccc(C(=O)O)cc2)ccc1C. The van der Waals surface area contributed by atoms with Crippen molar-refractivity contribution in [1.29, 1.82) is 0 Å². The molecule has 24 heavy (non-hydrogen) atoms. The van der Waals surface area contributed by atoms with E-state index in [4.69, 9.17) is 9.84 Å². The molecule has 2 aromatic carbocycles. The van der Waals surface area contributed by atoms with Crippen LogP contribution in [0.15, 0.2) is 42.5 Å². The van der Waals surface area contributed by atoms with E-state index in [1.807, 2.05) is 25.1 Å². The largest absolute Gasteiger partial charge is 0.496 e. The van der Waals surface area contributed by atoms with E-state index >= 15 is 0 Å². The maximum Gasteiger partial charge on any atom is 0.335 e. The highest BCUT2D eigenvalue weighted by Crippen LogP contribution is 2.19. The Kier molecular flexibility index (Phi) is 5.95. The fourth-order valence-corrected chi connectivity index (χ4v) is 2.38. The van der Waals surface area contributed by atoms with Crippen LogP contribution in [0.3, 0.4) is 0 Å². The number of amides is 1. The fraction of sp³-hybridized carbons (Fsp3) is 0.263. The number of ether oxygens (including phenoxy) is 1. The predicted octanol–water partition coefficient (Wildman–Crippen LogP) is 2.60. The quantitative estimate of drug-likeness (QED) is 0.819. The maximum atomic E-state index is 11.9. The third-order valence-corrected chi connectivity index (χ3v) is 3.77. The van der Waals surface area contributed by atoms with Gasteiger partial charge in [0.25, 0.3) is 0 Å². The number of carbonyl (C=O) groups excluding carboxylic acids is 1. The topological polar surface area (TPSA) is 75.6 Å². The van der Waals surface area contributed by atoms with Crippen LogP contribution in [0.4, 0.5) is 0 Å². The summed E-state index contributed by atoms with van der Waals surface area (Å²) in [6.07, 6.45) is 0.956. The van der Waals surface area contributed by atoms with Gasteiger partial charge in [0.1, 0.15) is 5.75 Å². The summed E-state index contributed by atoms with van der Waals surface area (Å²) in [5, 5.41) is 11.7. The smallest absolute Gasteiger partial charge is 0.335 e. The first-order valence-corrected chi connectivity index (χ1v) is 7.72. The zero-order valence-corrected chi connectivity index (χ0v) is 13.8. The molecule has 0 unspecified atom stereocenters. The summed E-state index contributed by atoms with van der Waals surface area (Å²) >= 11 is 0. The number of carboxylic acids is 1. The van der Waals surface area contributed by atoms with Gasteiger partial charge < -0.3 is 15.2 Å². The van der Waals surface area contributed by atoms with Gasteiger partial charge in [0.05, 0.1) is 19.1 Å². The Morgan fingerprint density at radius 3 is 2.38 bits per heavy atom. The minimum atomic E-state index is -0.973. The second-order valence-corrected chi connectivity index (χ2v) is 5.58. The molecule has 5 nitrogen and oxygen atoms in total. The van der Waals surface area contributed by atoms with Gasteiger partial charge in [-0.1, -0.05) is 24.3 Å². The molecule has 0 fully saturated rings. The highest BCUT2D eigenvalue weighted by atomic mass is 16.5. The number of hydrogen-bond donors (Lipinski definition) is 2.